The molecule has 1 atom stereocenters. The number of hydrogen-bond acceptors (Lipinski definition) is 4. The summed E-state index contributed by atoms with van der Waals surface area (Å²) in [5, 5.41) is 3.36. The number of aryl methyl sites for hydroxylation is 1. The van der Waals surface area contributed by atoms with Gasteiger partial charge in [-0.3, -0.25) is 0 Å². The van der Waals surface area contributed by atoms with Gasteiger partial charge in [-0.25, -0.2) is 13.1 Å². The van der Waals surface area contributed by atoms with Crippen LogP contribution in [0.5, 0.6) is 0 Å². The van der Waals surface area contributed by atoms with Crippen LogP contribution in [0.2, 0.25) is 0 Å². The summed E-state index contributed by atoms with van der Waals surface area (Å²) < 4.78 is 28.0. The second kappa shape index (κ2) is 6.00. The van der Waals surface area contributed by atoms with Gasteiger partial charge < -0.3 is 5.32 Å². The van der Waals surface area contributed by atoms with E-state index >= 15 is 0 Å². The predicted octanol–water partition coefficient (Wildman–Crippen LogP) is 2.24. The van der Waals surface area contributed by atoms with Crippen LogP contribution >= 0.6 is 27.3 Å². The molecule has 0 radical (unpaired) electrons. The van der Waals surface area contributed by atoms with Crippen molar-refractivity contribution in [2.75, 3.05) is 13.1 Å². The van der Waals surface area contributed by atoms with E-state index in [-0.39, 0.29) is 0 Å². The quantitative estimate of drug-likeness (QED) is 0.854. The number of halogens is 1. The smallest absolute Gasteiger partial charge is 0.250 e. The van der Waals surface area contributed by atoms with E-state index in [0.29, 0.717) is 16.8 Å². The first-order chi connectivity index (χ1) is 8.49. The van der Waals surface area contributed by atoms with Crippen molar-refractivity contribution in [2.24, 2.45) is 0 Å². The van der Waals surface area contributed by atoms with E-state index in [1.54, 1.807) is 6.07 Å². The highest BCUT2D eigenvalue weighted by molar-refractivity contribution is 9.11. The molecule has 4 nitrogen and oxygen atoms in total. The summed E-state index contributed by atoms with van der Waals surface area (Å²) in [5.41, 5.74) is 0.956. The van der Waals surface area contributed by atoms with Crippen molar-refractivity contribution in [3.05, 3.63) is 15.4 Å². The lowest BCUT2D eigenvalue weighted by atomic mass is 10.2. The van der Waals surface area contributed by atoms with Gasteiger partial charge in [-0.05, 0) is 60.3 Å². The molecular weight excluding hydrogens is 336 g/mol. The van der Waals surface area contributed by atoms with E-state index in [4.69, 9.17) is 0 Å². The van der Waals surface area contributed by atoms with Crippen molar-refractivity contribution < 1.29 is 8.42 Å². The second-order valence-corrected chi connectivity index (χ2v) is 8.87. The SMILES string of the molecule is Cc1cc(S(=O)(=O)NCCC2CCCN2)sc1Br. The van der Waals surface area contributed by atoms with Crippen molar-refractivity contribution in [2.45, 2.75) is 36.4 Å². The lowest BCUT2D eigenvalue weighted by Gasteiger charge is -2.10. The van der Waals surface area contributed by atoms with Crippen LogP contribution in [0.4, 0.5) is 0 Å². The van der Waals surface area contributed by atoms with Gasteiger partial charge in [-0.1, -0.05) is 0 Å². The Hall–Kier alpha value is 0.0500. The lowest BCUT2D eigenvalue weighted by molar-refractivity contribution is 0.540. The minimum absolute atomic E-state index is 0.381. The van der Waals surface area contributed by atoms with Crippen molar-refractivity contribution in [1.82, 2.24) is 10.0 Å². The van der Waals surface area contributed by atoms with Crippen LogP contribution < -0.4 is 10.0 Å². The molecule has 18 heavy (non-hydrogen) atoms. The van der Waals surface area contributed by atoms with Gasteiger partial charge in [0, 0.05) is 12.6 Å². The average molecular weight is 353 g/mol. The Kier molecular flexibility index (Phi) is 4.82. The largest absolute Gasteiger partial charge is 0.314 e. The lowest BCUT2D eigenvalue weighted by Crippen LogP contribution is -2.30. The van der Waals surface area contributed by atoms with Gasteiger partial charge in [0.2, 0.25) is 10.0 Å². The summed E-state index contributed by atoms with van der Waals surface area (Å²) in [6, 6.07) is 2.16. The van der Waals surface area contributed by atoms with E-state index < -0.39 is 10.0 Å². The summed E-state index contributed by atoms with van der Waals surface area (Å²) in [6.07, 6.45) is 3.19. The van der Waals surface area contributed by atoms with Crippen LogP contribution in [0.3, 0.4) is 0 Å². The Morgan fingerprint density at radius 2 is 2.39 bits per heavy atom. The number of hydrogen-bond donors (Lipinski definition) is 2. The fraction of sp³-hybridized carbons (Fsp3) is 0.636. The van der Waals surface area contributed by atoms with E-state index in [2.05, 4.69) is 26.0 Å². The summed E-state index contributed by atoms with van der Waals surface area (Å²) >= 11 is 4.60. The normalized spacial score (nSPS) is 20.4. The van der Waals surface area contributed by atoms with Crippen LogP contribution in [-0.2, 0) is 10.0 Å². The first-order valence-electron chi connectivity index (χ1n) is 5.98. The first-order valence-corrected chi connectivity index (χ1v) is 9.07. The molecular formula is C11H17BrN2O2S2. The zero-order valence-corrected chi connectivity index (χ0v) is 13.4. The van der Waals surface area contributed by atoms with Gasteiger partial charge >= 0.3 is 0 Å². The molecule has 2 heterocycles. The van der Waals surface area contributed by atoms with E-state index in [9.17, 15) is 8.42 Å². The number of sulfonamides is 1. The van der Waals surface area contributed by atoms with Crippen LogP contribution in [0.25, 0.3) is 0 Å². The van der Waals surface area contributed by atoms with Crippen molar-refractivity contribution in [3.8, 4) is 0 Å². The highest BCUT2D eigenvalue weighted by Gasteiger charge is 2.19. The number of thiophene rings is 1. The molecule has 1 saturated heterocycles. The third kappa shape index (κ3) is 3.54. The van der Waals surface area contributed by atoms with Crippen molar-refractivity contribution >= 4 is 37.3 Å². The monoisotopic (exact) mass is 352 g/mol. The van der Waals surface area contributed by atoms with Gasteiger partial charge in [-0.15, -0.1) is 11.3 Å². The average Bonchev–Trinajstić information content (AvgIpc) is 2.90. The standard InChI is InChI=1S/C11H17BrN2O2S2/c1-8-7-10(17-11(8)12)18(15,16)14-6-4-9-3-2-5-13-9/h7,9,13-14H,2-6H2,1H3. The summed E-state index contributed by atoms with van der Waals surface area (Å²) in [4.78, 5) is 0. The molecule has 1 fully saturated rings. The molecule has 1 aromatic heterocycles. The molecule has 7 heteroatoms. The van der Waals surface area contributed by atoms with Gasteiger partial charge in [0.1, 0.15) is 4.21 Å². The zero-order chi connectivity index (χ0) is 13.2. The maximum Gasteiger partial charge on any atom is 0.250 e. The molecule has 102 valence electrons. The van der Waals surface area contributed by atoms with Gasteiger partial charge in [0.05, 0.1) is 3.79 Å². The van der Waals surface area contributed by atoms with Gasteiger partial charge in [0.25, 0.3) is 0 Å². The Labute approximate surface area is 120 Å². The highest BCUT2D eigenvalue weighted by atomic mass is 79.9. The minimum Gasteiger partial charge on any atom is -0.314 e. The Balaban J connectivity index is 1.90. The summed E-state index contributed by atoms with van der Waals surface area (Å²) in [7, 11) is -3.34. The van der Waals surface area contributed by atoms with E-state index in [1.807, 2.05) is 6.92 Å². The first kappa shape index (κ1) is 14.5. The minimum atomic E-state index is -3.34. The third-order valence-electron chi connectivity index (χ3n) is 3.05. The Bertz CT molecular complexity index is 488. The topological polar surface area (TPSA) is 58.2 Å². The molecule has 1 aliphatic heterocycles. The van der Waals surface area contributed by atoms with Crippen LogP contribution in [0, 0.1) is 6.92 Å². The molecule has 2 N–H and O–H groups in total. The van der Waals surface area contributed by atoms with Crippen LogP contribution in [-0.4, -0.2) is 27.5 Å². The molecule has 0 spiro atoms. The van der Waals surface area contributed by atoms with Crippen molar-refractivity contribution in [1.29, 1.82) is 0 Å². The maximum absolute atomic E-state index is 12.0. The number of rotatable bonds is 5. The molecule has 0 bridgehead atoms. The zero-order valence-electron chi connectivity index (χ0n) is 10.2. The van der Waals surface area contributed by atoms with Crippen LogP contribution in [0.15, 0.2) is 14.1 Å². The Morgan fingerprint density at radius 1 is 1.61 bits per heavy atom. The molecule has 0 saturated carbocycles. The fourth-order valence-corrected chi connectivity index (χ4v) is 5.32. The summed E-state index contributed by atoms with van der Waals surface area (Å²) in [5.74, 6) is 0. The maximum atomic E-state index is 12.0. The van der Waals surface area contributed by atoms with E-state index in [1.165, 1.54) is 17.8 Å². The molecule has 1 unspecified atom stereocenters. The molecule has 1 aliphatic rings. The van der Waals surface area contributed by atoms with Crippen LogP contribution in [0.1, 0.15) is 24.8 Å². The van der Waals surface area contributed by atoms with Gasteiger partial charge in [0.15, 0.2) is 0 Å². The Morgan fingerprint density at radius 3 is 2.94 bits per heavy atom. The fourth-order valence-electron chi connectivity index (χ4n) is 2.01. The van der Waals surface area contributed by atoms with E-state index in [0.717, 1.165) is 28.7 Å². The summed E-state index contributed by atoms with van der Waals surface area (Å²) in [6.45, 7) is 3.44. The molecule has 1 aromatic rings. The molecule has 0 amide bonds. The molecule has 0 aliphatic carbocycles. The van der Waals surface area contributed by atoms with Gasteiger partial charge in [-0.2, -0.15) is 0 Å². The number of nitrogens with one attached hydrogen (secondary N) is 2. The highest BCUT2D eigenvalue weighted by Crippen LogP contribution is 2.30. The molecule has 0 aromatic carbocycles. The van der Waals surface area contributed by atoms with Crippen molar-refractivity contribution in [3.63, 3.8) is 0 Å². The third-order valence-corrected chi connectivity index (χ3v) is 7.12. The molecule has 2 rings (SSSR count). The predicted molar refractivity (Wildman–Crippen MR) is 77.6 cm³/mol. The second-order valence-electron chi connectivity index (χ2n) is 4.50.